The number of hydrogen-bond acceptors (Lipinski definition) is 4. The van der Waals surface area contributed by atoms with Crippen molar-refractivity contribution in [3.05, 3.63) is 5.82 Å². The fraction of sp³-hybridized carbons (Fsp3) is 0.889. The molecule has 24 heavy (non-hydrogen) atoms. The van der Waals surface area contributed by atoms with Gasteiger partial charge in [-0.1, -0.05) is 57.7 Å². The van der Waals surface area contributed by atoms with Crippen LogP contribution in [0.5, 0.6) is 0 Å². The van der Waals surface area contributed by atoms with Gasteiger partial charge < -0.3 is 4.90 Å². The summed E-state index contributed by atoms with van der Waals surface area (Å²) in [6.07, 6.45) is 14.9. The molecule has 136 valence electrons. The lowest BCUT2D eigenvalue weighted by molar-refractivity contribution is 0.239. The average molecular weight is 352 g/mol. The van der Waals surface area contributed by atoms with Crippen LogP contribution in [-0.4, -0.2) is 42.7 Å². The summed E-state index contributed by atoms with van der Waals surface area (Å²) in [7, 11) is 1.90. The number of unbranched alkanes of at least 4 members (excludes halogenated alkanes) is 3. The number of aromatic nitrogens is 4. The molecule has 0 saturated heterocycles. The van der Waals surface area contributed by atoms with E-state index in [1.54, 1.807) is 4.68 Å². The Morgan fingerprint density at radius 1 is 1.17 bits per heavy atom. The van der Waals surface area contributed by atoms with E-state index < -0.39 is 0 Å². The minimum Gasteiger partial charge on any atom is -0.363 e. The Kier molecular flexibility index (Phi) is 8.64. The molecule has 6 heteroatoms. The smallest absolute Gasteiger partial charge is 0.150 e. The van der Waals surface area contributed by atoms with E-state index in [1.165, 1.54) is 57.8 Å². The van der Waals surface area contributed by atoms with Gasteiger partial charge in [0.05, 0.1) is 4.99 Å². The Balaban J connectivity index is 1.81. The molecule has 1 aliphatic carbocycles. The number of tetrazole rings is 1. The van der Waals surface area contributed by atoms with Gasteiger partial charge in [-0.05, 0) is 42.5 Å². The van der Waals surface area contributed by atoms with Crippen LogP contribution in [0.1, 0.15) is 83.4 Å². The SMILES string of the molecule is CCCCCCN(C(=S)CCCc1nnnn1C)C1CCCCC1. The highest BCUT2D eigenvalue weighted by molar-refractivity contribution is 7.80. The third-order valence-corrected chi connectivity index (χ3v) is 5.53. The third-order valence-electron chi connectivity index (χ3n) is 5.09. The molecule has 0 N–H and O–H groups in total. The standard InChI is InChI=1S/C18H33N5S/c1-3-4-5-9-15-23(16-11-7-6-8-12-16)18(24)14-10-13-17-19-20-21-22(17)2/h16H,3-15H2,1-2H3. The summed E-state index contributed by atoms with van der Waals surface area (Å²) in [5, 5.41) is 11.7. The molecular formula is C18H33N5S. The Morgan fingerprint density at radius 3 is 2.62 bits per heavy atom. The van der Waals surface area contributed by atoms with E-state index in [-0.39, 0.29) is 0 Å². The number of thiocarbonyl (C=S) groups is 1. The van der Waals surface area contributed by atoms with Crippen LogP contribution in [0, 0.1) is 0 Å². The molecular weight excluding hydrogens is 318 g/mol. The maximum atomic E-state index is 5.83. The maximum Gasteiger partial charge on any atom is 0.150 e. The van der Waals surface area contributed by atoms with Gasteiger partial charge in [0.1, 0.15) is 0 Å². The molecule has 0 amide bonds. The molecule has 1 saturated carbocycles. The molecule has 0 aliphatic heterocycles. The Bertz CT molecular complexity index is 482. The molecule has 1 heterocycles. The van der Waals surface area contributed by atoms with E-state index in [0.29, 0.717) is 6.04 Å². The second kappa shape index (κ2) is 10.7. The lowest BCUT2D eigenvalue weighted by Gasteiger charge is -2.36. The molecule has 0 aromatic carbocycles. The van der Waals surface area contributed by atoms with Crippen LogP contribution in [0.25, 0.3) is 0 Å². The highest BCUT2D eigenvalue weighted by atomic mass is 32.1. The minimum absolute atomic E-state index is 0.685. The van der Waals surface area contributed by atoms with E-state index in [1.807, 2.05) is 7.05 Å². The van der Waals surface area contributed by atoms with Crippen LogP contribution in [-0.2, 0) is 13.5 Å². The first-order valence-electron chi connectivity index (χ1n) is 9.73. The van der Waals surface area contributed by atoms with E-state index >= 15 is 0 Å². The van der Waals surface area contributed by atoms with Crippen molar-refractivity contribution in [2.24, 2.45) is 7.05 Å². The van der Waals surface area contributed by atoms with Crippen molar-refractivity contribution < 1.29 is 0 Å². The van der Waals surface area contributed by atoms with E-state index in [0.717, 1.165) is 36.6 Å². The fourth-order valence-electron chi connectivity index (χ4n) is 3.61. The number of rotatable bonds is 10. The Labute approximate surface area is 152 Å². The zero-order valence-corrected chi connectivity index (χ0v) is 16.2. The normalized spacial score (nSPS) is 15.6. The molecule has 0 spiro atoms. The van der Waals surface area contributed by atoms with Crippen molar-refractivity contribution in [1.29, 1.82) is 0 Å². The predicted octanol–water partition coefficient (Wildman–Crippen LogP) is 4.08. The quantitative estimate of drug-likeness (QED) is 0.469. The number of nitrogens with zero attached hydrogens (tertiary/aromatic N) is 5. The molecule has 0 bridgehead atoms. The van der Waals surface area contributed by atoms with Gasteiger partial charge >= 0.3 is 0 Å². The molecule has 1 fully saturated rings. The van der Waals surface area contributed by atoms with Crippen molar-refractivity contribution in [1.82, 2.24) is 25.1 Å². The fourth-order valence-corrected chi connectivity index (χ4v) is 4.00. The number of hydrogen-bond donors (Lipinski definition) is 0. The van der Waals surface area contributed by atoms with Gasteiger partial charge in [-0.3, -0.25) is 0 Å². The molecule has 0 unspecified atom stereocenters. The second-order valence-corrected chi connectivity index (χ2v) is 7.48. The summed E-state index contributed by atoms with van der Waals surface area (Å²) in [5.74, 6) is 0.949. The molecule has 0 atom stereocenters. The third kappa shape index (κ3) is 6.11. The van der Waals surface area contributed by atoms with Gasteiger partial charge in [0.15, 0.2) is 5.82 Å². The van der Waals surface area contributed by atoms with E-state index in [9.17, 15) is 0 Å². The molecule has 2 rings (SSSR count). The first-order valence-corrected chi connectivity index (χ1v) is 10.1. The first kappa shape index (κ1) is 19.3. The van der Waals surface area contributed by atoms with Gasteiger partial charge in [-0.15, -0.1) is 5.10 Å². The minimum atomic E-state index is 0.685. The maximum absolute atomic E-state index is 5.83. The van der Waals surface area contributed by atoms with Crippen LogP contribution >= 0.6 is 12.2 Å². The first-order chi connectivity index (χ1) is 11.7. The van der Waals surface area contributed by atoms with Crippen LogP contribution in [0.15, 0.2) is 0 Å². The molecule has 5 nitrogen and oxygen atoms in total. The lowest BCUT2D eigenvalue weighted by Crippen LogP contribution is -2.41. The molecule has 1 aliphatic rings. The topological polar surface area (TPSA) is 46.8 Å². The van der Waals surface area contributed by atoms with Gasteiger partial charge in [-0.2, -0.15) is 0 Å². The van der Waals surface area contributed by atoms with Crippen LogP contribution in [0.4, 0.5) is 0 Å². The van der Waals surface area contributed by atoms with Crippen molar-refractivity contribution in [3.8, 4) is 0 Å². The summed E-state index contributed by atoms with van der Waals surface area (Å²) >= 11 is 5.83. The summed E-state index contributed by atoms with van der Waals surface area (Å²) < 4.78 is 1.76. The highest BCUT2D eigenvalue weighted by Crippen LogP contribution is 2.24. The predicted molar refractivity (Wildman–Crippen MR) is 102 cm³/mol. The van der Waals surface area contributed by atoms with Crippen LogP contribution < -0.4 is 0 Å². The molecule has 1 aromatic heterocycles. The van der Waals surface area contributed by atoms with Gasteiger partial charge in [-0.25, -0.2) is 4.68 Å². The average Bonchev–Trinajstić information content (AvgIpc) is 3.01. The van der Waals surface area contributed by atoms with E-state index in [4.69, 9.17) is 12.2 Å². The van der Waals surface area contributed by atoms with Crippen LogP contribution in [0.3, 0.4) is 0 Å². The summed E-state index contributed by atoms with van der Waals surface area (Å²) in [4.78, 5) is 3.73. The van der Waals surface area contributed by atoms with Crippen molar-refractivity contribution in [2.45, 2.75) is 90.0 Å². The molecule has 1 aromatic rings. The zero-order valence-electron chi connectivity index (χ0n) is 15.4. The largest absolute Gasteiger partial charge is 0.363 e. The zero-order chi connectivity index (χ0) is 17.2. The van der Waals surface area contributed by atoms with Gasteiger partial charge in [0, 0.05) is 26.1 Å². The van der Waals surface area contributed by atoms with Gasteiger partial charge in [0.2, 0.25) is 0 Å². The Hall–Kier alpha value is -1.04. The Morgan fingerprint density at radius 2 is 1.96 bits per heavy atom. The monoisotopic (exact) mass is 351 g/mol. The highest BCUT2D eigenvalue weighted by Gasteiger charge is 2.22. The van der Waals surface area contributed by atoms with E-state index in [2.05, 4.69) is 27.3 Å². The second-order valence-electron chi connectivity index (χ2n) is 7.01. The van der Waals surface area contributed by atoms with Gasteiger partial charge in [0.25, 0.3) is 0 Å². The summed E-state index contributed by atoms with van der Waals surface area (Å²) in [5.41, 5.74) is 0. The lowest BCUT2D eigenvalue weighted by atomic mass is 9.93. The van der Waals surface area contributed by atoms with Crippen molar-refractivity contribution in [3.63, 3.8) is 0 Å². The molecule has 0 radical (unpaired) electrons. The van der Waals surface area contributed by atoms with Crippen LogP contribution in [0.2, 0.25) is 0 Å². The summed E-state index contributed by atoms with van der Waals surface area (Å²) in [6.45, 7) is 3.42. The number of aryl methyl sites for hydroxylation is 2. The summed E-state index contributed by atoms with van der Waals surface area (Å²) in [6, 6.07) is 0.685. The van der Waals surface area contributed by atoms with Crippen molar-refractivity contribution in [2.75, 3.05) is 6.54 Å². The van der Waals surface area contributed by atoms with Crippen molar-refractivity contribution >= 4 is 17.2 Å².